The van der Waals surface area contributed by atoms with Crippen molar-refractivity contribution in [3.05, 3.63) is 60.4 Å². The summed E-state index contributed by atoms with van der Waals surface area (Å²) < 4.78 is 10.6. The number of anilines is 1. The number of hydrogen-bond donors (Lipinski definition) is 0. The molecular formula is C19H17N3O3. The van der Waals surface area contributed by atoms with E-state index in [1.54, 1.807) is 12.0 Å². The zero-order chi connectivity index (χ0) is 17.2. The van der Waals surface area contributed by atoms with Crippen LogP contribution in [0.2, 0.25) is 0 Å². The van der Waals surface area contributed by atoms with Crippen LogP contribution >= 0.6 is 0 Å². The quantitative estimate of drug-likeness (QED) is 0.732. The fourth-order valence-corrected chi connectivity index (χ4v) is 3.01. The lowest BCUT2D eigenvalue weighted by Crippen LogP contribution is -2.24. The monoisotopic (exact) mass is 335 g/mol. The molecule has 0 N–H and O–H groups in total. The van der Waals surface area contributed by atoms with E-state index in [-0.39, 0.29) is 11.8 Å². The smallest absolute Gasteiger partial charge is 0.258 e. The van der Waals surface area contributed by atoms with E-state index in [2.05, 4.69) is 10.1 Å². The highest BCUT2D eigenvalue weighted by molar-refractivity contribution is 5.96. The minimum atomic E-state index is -0.0733. The zero-order valence-electron chi connectivity index (χ0n) is 13.8. The first-order valence-corrected chi connectivity index (χ1v) is 8.08. The molecule has 0 aliphatic carbocycles. The Morgan fingerprint density at radius 1 is 1.16 bits per heavy atom. The molecule has 1 atom stereocenters. The predicted octanol–water partition coefficient (Wildman–Crippen LogP) is 3.27. The van der Waals surface area contributed by atoms with Gasteiger partial charge in [-0.05, 0) is 30.3 Å². The number of ether oxygens (including phenoxy) is 1. The Morgan fingerprint density at radius 2 is 2.00 bits per heavy atom. The van der Waals surface area contributed by atoms with E-state index in [4.69, 9.17) is 9.26 Å². The number of rotatable bonds is 4. The maximum absolute atomic E-state index is 12.3. The van der Waals surface area contributed by atoms with Gasteiger partial charge < -0.3 is 14.2 Å². The third-order valence-corrected chi connectivity index (χ3v) is 4.32. The summed E-state index contributed by atoms with van der Waals surface area (Å²) in [7, 11) is 1.61. The Bertz CT molecular complexity index is 892. The first-order valence-electron chi connectivity index (χ1n) is 8.08. The van der Waals surface area contributed by atoms with E-state index in [9.17, 15) is 4.79 Å². The van der Waals surface area contributed by atoms with Crippen molar-refractivity contribution in [3.8, 4) is 17.2 Å². The predicted molar refractivity (Wildman–Crippen MR) is 92.4 cm³/mol. The number of carbonyl (C=O) groups is 1. The van der Waals surface area contributed by atoms with Crippen LogP contribution in [-0.4, -0.2) is 29.7 Å². The van der Waals surface area contributed by atoms with Gasteiger partial charge in [-0.15, -0.1) is 0 Å². The largest absolute Gasteiger partial charge is 0.497 e. The molecule has 0 bridgehead atoms. The van der Waals surface area contributed by atoms with E-state index < -0.39 is 0 Å². The highest BCUT2D eigenvalue weighted by atomic mass is 16.5. The minimum Gasteiger partial charge on any atom is -0.497 e. The topological polar surface area (TPSA) is 68.5 Å². The van der Waals surface area contributed by atoms with Crippen LogP contribution in [0.15, 0.2) is 59.1 Å². The van der Waals surface area contributed by atoms with Gasteiger partial charge in [0.2, 0.25) is 5.91 Å². The van der Waals surface area contributed by atoms with Gasteiger partial charge in [-0.3, -0.25) is 4.79 Å². The molecule has 6 heteroatoms. The van der Waals surface area contributed by atoms with Crippen LogP contribution in [0, 0.1) is 0 Å². The maximum atomic E-state index is 12.3. The van der Waals surface area contributed by atoms with Gasteiger partial charge in [0, 0.05) is 30.1 Å². The highest BCUT2D eigenvalue weighted by Gasteiger charge is 2.34. The number of carbonyl (C=O) groups excluding carboxylic acids is 1. The molecule has 1 saturated heterocycles. The fourth-order valence-electron chi connectivity index (χ4n) is 3.01. The van der Waals surface area contributed by atoms with Crippen molar-refractivity contribution in [3.63, 3.8) is 0 Å². The zero-order valence-corrected chi connectivity index (χ0v) is 13.8. The summed E-state index contributed by atoms with van der Waals surface area (Å²) in [5, 5.41) is 4.09. The van der Waals surface area contributed by atoms with E-state index in [0.717, 1.165) is 17.0 Å². The lowest BCUT2D eigenvalue weighted by molar-refractivity contribution is -0.117. The molecule has 1 aromatic heterocycles. The van der Waals surface area contributed by atoms with Crippen molar-refractivity contribution in [2.45, 2.75) is 12.3 Å². The summed E-state index contributed by atoms with van der Waals surface area (Å²) in [5.74, 6) is 1.72. The van der Waals surface area contributed by atoms with E-state index in [1.165, 1.54) is 0 Å². The summed E-state index contributed by atoms with van der Waals surface area (Å²) >= 11 is 0. The molecule has 2 heterocycles. The second-order valence-corrected chi connectivity index (χ2v) is 5.93. The van der Waals surface area contributed by atoms with Crippen molar-refractivity contribution in [1.29, 1.82) is 0 Å². The van der Waals surface area contributed by atoms with Crippen LogP contribution in [0.4, 0.5) is 5.69 Å². The van der Waals surface area contributed by atoms with Crippen LogP contribution in [0.5, 0.6) is 5.75 Å². The maximum Gasteiger partial charge on any atom is 0.258 e. The lowest BCUT2D eigenvalue weighted by Gasteiger charge is -2.15. The molecule has 1 aliphatic rings. The molecule has 3 aromatic rings. The summed E-state index contributed by atoms with van der Waals surface area (Å²) in [6, 6.07) is 17.1. The summed E-state index contributed by atoms with van der Waals surface area (Å²) in [4.78, 5) is 18.6. The van der Waals surface area contributed by atoms with Gasteiger partial charge in [0.1, 0.15) is 5.75 Å². The average molecular weight is 335 g/mol. The first kappa shape index (κ1) is 15.4. The lowest BCUT2D eigenvalue weighted by atomic mass is 10.1. The second-order valence-electron chi connectivity index (χ2n) is 5.93. The van der Waals surface area contributed by atoms with Crippen LogP contribution in [0.3, 0.4) is 0 Å². The number of para-hydroxylation sites is 1. The van der Waals surface area contributed by atoms with Gasteiger partial charge in [0.05, 0.1) is 7.11 Å². The Balaban J connectivity index is 1.56. The standard InChI is InChI=1S/C19H17N3O3/c1-24-16-9-5-6-13(10-16)19-20-18(21-25-19)14-11-17(23)22(12-14)15-7-3-2-4-8-15/h2-10,14H,11-12H2,1H3. The summed E-state index contributed by atoms with van der Waals surface area (Å²) in [6.45, 7) is 0.555. The van der Waals surface area contributed by atoms with E-state index in [1.807, 2.05) is 54.6 Å². The number of methoxy groups -OCH3 is 1. The number of nitrogens with zero attached hydrogens (tertiary/aromatic N) is 3. The second kappa shape index (κ2) is 6.39. The molecule has 25 heavy (non-hydrogen) atoms. The SMILES string of the molecule is COc1cccc(-c2nc(C3CC(=O)N(c4ccccc4)C3)no2)c1. The molecule has 1 unspecified atom stereocenters. The third kappa shape index (κ3) is 2.98. The van der Waals surface area contributed by atoms with Crippen molar-refractivity contribution >= 4 is 11.6 Å². The number of aromatic nitrogens is 2. The summed E-state index contributed by atoms with van der Waals surface area (Å²) in [6.07, 6.45) is 0.381. The average Bonchev–Trinajstić information content (AvgIpc) is 3.29. The molecule has 4 rings (SSSR count). The third-order valence-electron chi connectivity index (χ3n) is 4.32. The fraction of sp³-hybridized carbons (Fsp3) is 0.211. The Labute approximate surface area is 145 Å². The summed E-state index contributed by atoms with van der Waals surface area (Å²) in [5.41, 5.74) is 1.69. The number of benzene rings is 2. The normalized spacial score (nSPS) is 17.1. The van der Waals surface area contributed by atoms with Crippen LogP contribution in [0.25, 0.3) is 11.5 Å². The molecule has 0 spiro atoms. The molecule has 6 nitrogen and oxygen atoms in total. The molecule has 126 valence electrons. The van der Waals surface area contributed by atoms with Crippen LogP contribution in [0.1, 0.15) is 18.2 Å². The van der Waals surface area contributed by atoms with Crippen molar-refractivity contribution in [2.24, 2.45) is 0 Å². The van der Waals surface area contributed by atoms with Crippen molar-refractivity contribution in [1.82, 2.24) is 10.1 Å². The van der Waals surface area contributed by atoms with Gasteiger partial charge in [-0.1, -0.05) is 29.4 Å². The van der Waals surface area contributed by atoms with Crippen LogP contribution < -0.4 is 9.64 Å². The molecule has 0 radical (unpaired) electrons. The van der Waals surface area contributed by atoms with Gasteiger partial charge in [0.25, 0.3) is 5.89 Å². The van der Waals surface area contributed by atoms with Gasteiger partial charge in [0.15, 0.2) is 5.82 Å². The van der Waals surface area contributed by atoms with Crippen LogP contribution in [-0.2, 0) is 4.79 Å². The van der Waals surface area contributed by atoms with E-state index >= 15 is 0 Å². The van der Waals surface area contributed by atoms with Gasteiger partial charge in [-0.25, -0.2) is 0 Å². The number of amides is 1. The minimum absolute atomic E-state index is 0.0731. The Morgan fingerprint density at radius 3 is 2.80 bits per heavy atom. The molecule has 1 fully saturated rings. The van der Waals surface area contributed by atoms with Gasteiger partial charge >= 0.3 is 0 Å². The first-order chi connectivity index (χ1) is 12.2. The molecular weight excluding hydrogens is 318 g/mol. The highest BCUT2D eigenvalue weighted by Crippen LogP contribution is 2.31. The van der Waals surface area contributed by atoms with E-state index in [0.29, 0.717) is 24.7 Å². The Kier molecular flexibility index (Phi) is 3.93. The van der Waals surface area contributed by atoms with Crippen molar-refractivity contribution < 1.29 is 14.1 Å². The molecule has 2 aromatic carbocycles. The Hall–Kier alpha value is -3.15. The molecule has 0 saturated carbocycles. The number of hydrogen-bond acceptors (Lipinski definition) is 5. The van der Waals surface area contributed by atoms with Crippen molar-refractivity contribution in [2.75, 3.05) is 18.6 Å². The molecule has 1 aliphatic heterocycles. The van der Waals surface area contributed by atoms with Gasteiger partial charge in [-0.2, -0.15) is 4.98 Å². The molecule has 1 amide bonds.